The minimum Gasteiger partial charge on any atom is -0.464 e. The van der Waals surface area contributed by atoms with Gasteiger partial charge in [0.2, 0.25) is 0 Å². The number of hydrogen-bond donors (Lipinski definition) is 2. The van der Waals surface area contributed by atoms with Crippen molar-refractivity contribution in [2.45, 2.75) is 32.7 Å². The van der Waals surface area contributed by atoms with Crippen LogP contribution in [0.5, 0.6) is 0 Å². The van der Waals surface area contributed by atoms with Crippen LogP contribution in [0.2, 0.25) is 0 Å². The molecule has 1 aromatic rings. The molecule has 1 heterocycles. The van der Waals surface area contributed by atoms with Crippen molar-refractivity contribution in [3.8, 4) is 0 Å². The maximum atomic E-state index is 11.9. The zero-order valence-corrected chi connectivity index (χ0v) is 12.5. The lowest BCUT2D eigenvalue weighted by atomic mass is 10.2. The van der Waals surface area contributed by atoms with E-state index in [2.05, 4.69) is 25.7 Å². The molecule has 0 saturated carbocycles. The van der Waals surface area contributed by atoms with Gasteiger partial charge in [0.15, 0.2) is 5.69 Å². The Morgan fingerprint density at radius 2 is 2.05 bits per heavy atom. The molecule has 1 unspecified atom stereocenters. The number of amides is 3. The van der Waals surface area contributed by atoms with E-state index < -0.39 is 23.9 Å². The van der Waals surface area contributed by atoms with E-state index >= 15 is 0 Å². The topological polar surface area (TPSA) is 115 Å². The Kier molecular flexibility index (Phi) is 5.82. The van der Waals surface area contributed by atoms with Gasteiger partial charge in [-0.25, -0.2) is 14.3 Å². The zero-order chi connectivity index (χ0) is 16.0. The number of methoxy groups -OCH3 is 1. The van der Waals surface area contributed by atoms with Gasteiger partial charge in [-0.2, -0.15) is 0 Å². The number of ether oxygens (including phenoxy) is 1. The molecule has 0 radical (unpaired) electrons. The molecule has 9 nitrogen and oxygen atoms in total. The number of imide groups is 1. The van der Waals surface area contributed by atoms with Crippen molar-refractivity contribution in [2.75, 3.05) is 14.2 Å². The molecule has 3 amide bonds. The van der Waals surface area contributed by atoms with Crippen LogP contribution in [0.1, 0.15) is 42.5 Å². The van der Waals surface area contributed by atoms with Crippen molar-refractivity contribution in [1.82, 2.24) is 25.6 Å². The fourth-order valence-corrected chi connectivity index (χ4v) is 1.74. The first-order valence-corrected chi connectivity index (χ1v) is 6.51. The second-order valence-corrected chi connectivity index (χ2v) is 4.32. The highest BCUT2D eigenvalue weighted by Gasteiger charge is 2.26. The molecule has 0 aliphatic heterocycles. The van der Waals surface area contributed by atoms with Gasteiger partial charge in [0, 0.05) is 7.05 Å². The van der Waals surface area contributed by atoms with E-state index in [0.29, 0.717) is 12.1 Å². The highest BCUT2D eigenvalue weighted by Crippen LogP contribution is 2.15. The summed E-state index contributed by atoms with van der Waals surface area (Å²) in [6.45, 7) is 3.49. The van der Waals surface area contributed by atoms with Gasteiger partial charge in [-0.15, -0.1) is 5.10 Å². The van der Waals surface area contributed by atoms with Gasteiger partial charge >= 0.3 is 12.0 Å². The number of urea groups is 1. The Hall–Kier alpha value is -2.45. The van der Waals surface area contributed by atoms with Gasteiger partial charge < -0.3 is 10.1 Å². The van der Waals surface area contributed by atoms with Gasteiger partial charge in [-0.1, -0.05) is 18.6 Å². The smallest absolute Gasteiger partial charge is 0.360 e. The predicted molar refractivity (Wildman–Crippen MR) is 72.7 cm³/mol. The van der Waals surface area contributed by atoms with E-state index in [1.165, 1.54) is 18.8 Å². The maximum absolute atomic E-state index is 11.9. The molecule has 116 valence electrons. The highest BCUT2D eigenvalue weighted by molar-refractivity contribution is 5.96. The van der Waals surface area contributed by atoms with Gasteiger partial charge in [-0.3, -0.25) is 10.1 Å². The Balaban J connectivity index is 3.06. The van der Waals surface area contributed by atoms with Crippen LogP contribution in [0, 0.1) is 0 Å². The maximum Gasteiger partial charge on any atom is 0.360 e. The largest absolute Gasteiger partial charge is 0.464 e. The average molecular weight is 297 g/mol. The summed E-state index contributed by atoms with van der Waals surface area (Å²) in [6, 6.07) is -1.40. The normalized spacial score (nSPS) is 11.6. The first-order valence-electron chi connectivity index (χ1n) is 6.51. The molecular weight excluding hydrogens is 278 g/mol. The van der Waals surface area contributed by atoms with Crippen molar-refractivity contribution in [3.63, 3.8) is 0 Å². The molecule has 0 spiro atoms. The van der Waals surface area contributed by atoms with Gasteiger partial charge in [0.05, 0.1) is 12.8 Å². The molecule has 0 bridgehead atoms. The van der Waals surface area contributed by atoms with E-state index in [1.54, 1.807) is 6.92 Å². The number of carbonyl (C=O) groups is 3. The van der Waals surface area contributed by atoms with Crippen LogP contribution in [-0.4, -0.2) is 47.1 Å². The monoisotopic (exact) mass is 297 g/mol. The second kappa shape index (κ2) is 7.36. The molecule has 9 heteroatoms. The third-order valence-electron chi connectivity index (χ3n) is 2.87. The summed E-state index contributed by atoms with van der Waals surface area (Å²) in [4.78, 5) is 34.7. The van der Waals surface area contributed by atoms with Crippen molar-refractivity contribution >= 4 is 17.9 Å². The summed E-state index contributed by atoms with van der Waals surface area (Å²) in [5.41, 5.74) is 0.586. The SMILES string of the molecule is CCCc1c(C(=O)OC)nnn1C(C)C(=O)NC(=O)NC. The Labute approximate surface area is 122 Å². The summed E-state index contributed by atoms with van der Waals surface area (Å²) in [7, 11) is 2.65. The summed E-state index contributed by atoms with van der Waals surface area (Å²) in [5, 5.41) is 12.0. The van der Waals surface area contributed by atoms with Gasteiger partial charge in [0.1, 0.15) is 6.04 Å². The third kappa shape index (κ3) is 3.77. The van der Waals surface area contributed by atoms with Crippen LogP contribution >= 0.6 is 0 Å². The predicted octanol–water partition coefficient (Wildman–Crippen LogP) is 0.0338. The van der Waals surface area contributed by atoms with Crippen LogP contribution in [0.3, 0.4) is 0 Å². The molecule has 0 saturated heterocycles. The average Bonchev–Trinajstić information content (AvgIpc) is 2.89. The lowest BCUT2D eigenvalue weighted by Crippen LogP contribution is -2.41. The van der Waals surface area contributed by atoms with Crippen molar-refractivity contribution in [3.05, 3.63) is 11.4 Å². The quantitative estimate of drug-likeness (QED) is 0.741. The Morgan fingerprint density at radius 1 is 1.38 bits per heavy atom. The lowest BCUT2D eigenvalue weighted by molar-refractivity contribution is -0.123. The summed E-state index contributed by atoms with van der Waals surface area (Å²) >= 11 is 0. The number of carbonyl (C=O) groups excluding carboxylic acids is 3. The van der Waals surface area contributed by atoms with Crippen LogP contribution in [-0.2, 0) is 16.0 Å². The molecule has 1 atom stereocenters. The van der Waals surface area contributed by atoms with E-state index in [9.17, 15) is 14.4 Å². The fraction of sp³-hybridized carbons (Fsp3) is 0.583. The van der Waals surface area contributed by atoms with E-state index in [0.717, 1.165) is 6.42 Å². The minimum absolute atomic E-state index is 0.0824. The van der Waals surface area contributed by atoms with E-state index in [-0.39, 0.29) is 5.69 Å². The number of esters is 1. The van der Waals surface area contributed by atoms with Crippen LogP contribution in [0.4, 0.5) is 4.79 Å². The molecular formula is C12H19N5O4. The highest BCUT2D eigenvalue weighted by atomic mass is 16.5. The molecule has 0 aliphatic rings. The van der Waals surface area contributed by atoms with Crippen molar-refractivity contribution in [2.24, 2.45) is 0 Å². The summed E-state index contributed by atoms with van der Waals surface area (Å²) in [5.74, 6) is -1.16. The molecule has 1 aromatic heterocycles. The summed E-state index contributed by atoms with van der Waals surface area (Å²) < 4.78 is 5.97. The minimum atomic E-state index is -0.783. The molecule has 0 fully saturated rings. The Bertz CT molecular complexity index is 540. The van der Waals surface area contributed by atoms with Crippen molar-refractivity contribution < 1.29 is 19.1 Å². The molecule has 2 N–H and O–H groups in total. The van der Waals surface area contributed by atoms with Crippen LogP contribution in [0.25, 0.3) is 0 Å². The molecule has 1 rings (SSSR count). The van der Waals surface area contributed by atoms with Crippen LogP contribution in [0.15, 0.2) is 0 Å². The van der Waals surface area contributed by atoms with Crippen LogP contribution < -0.4 is 10.6 Å². The fourth-order valence-electron chi connectivity index (χ4n) is 1.74. The first-order chi connectivity index (χ1) is 9.96. The van der Waals surface area contributed by atoms with E-state index in [4.69, 9.17) is 0 Å². The summed E-state index contributed by atoms with van der Waals surface area (Å²) in [6.07, 6.45) is 1.25. The number of nitrogens with one attached hydrogen (secondary N) is 2. The first kappa shape index (κ1) is 16.6. The van der Waals surface area contributed by atoms with E-state index in [1.807, 2.05) is 6.92 Å². The number of nitrogens with zero attached hydrogens (tertiary/aromatic N) is 3. The lowest BCUT2D eigenvalue weighted by Gasteiger charge is -2.14. The molecule has 0 aliphatic carbocycles. The molecule has 21 heavy (non-hydrogen) atoms. The zero-order valence-electron chi connectivity index (χ0n) is 12.5. The van der Waals surface area contributed by atoms with Gasteiger partial charge in [-0.05, 0) is 13.3 Å². The number of hydrogen-bond acceptors (Lipinski definition) is 6. The standard InChI is InChI=1S/C12H19N5O4/c1-5-6-8-9(11(19)21-4)15-16-17(8)7(2)10(18)14-12(20)13-3/h7H,5-6H2,1-4H3,(H2,13,14,18,20). The third-order valence-corrected chi connectivity index (χ3v) is 2.87. The molecule has 0 aromatic carbocycles. The van der Waals surface area contributed by atoms with Gasteiger partial charge in [0.25, 0.3) is 5.91 Å². The number of aromatic nitrogens is 3. The Morgan fingerprint density at radius 3 is 2.57 bits per heavy atom. The van der Waals surface area contributed by atoms with Crippen molar-refractivity contribution in [1.29, 1.82) is 0 Å². The second-order valence-electron chi connectivity index (χ2n) is 4.32. The number of rotatable bonds is 5.